The van der Waals surface area contributed by atoms with Crippen molar-refractivity contribution in [2.24, 2.45) is 5.92 Å². The fourth-order valence-corrected chi connectivity index (χ4v) is 2.43. The molecule has 1 heterocycles. The van der Waals surface area contributed by atoms with Crippen LogP contribution in [0.25, 0.3) is 10.9 Å². The molecule has 0 radical (unpaired) electrons. The van der Waals surface area contributed by atoms with Gasteiger partial charge in [0, 0.05) is 18.8 Å². The van der Waals surface area contributed by atoms with Gasteiger partial charge in [0.15, 0.2) is 0 Å². The number of nitrogens with one attached hydrogen (secondary N) is 1. The maximum Gasteiger partial charge on any atom is 0.278 e. The molecule has 0 fully saturated rings. The molecular formula is C17H23N3O3. The second-order valence-corrected chi connectivity index (χ2v) is 6.57. The first-order chi connectivity index (χ1) is 10.8. The van der Waals surface area contributed by atoms with Crippen LogP contribution in [0.2, 0.25) is 0 Å². The molecule has 23 heavy (non-hydrogen) atoms. The molecule has 2 aromatic rings. The standard InChI is InChI=1S/C17H23N3O3/c1-12(2)8-9-17(3,21)11-19-14-6-7-15(20(22)23)13-5-4-10-18-16(13)14/h4-7,10,12,19,21H,8-9,11H2,1-3H3. The number of fused-ring (bicyclic) bond motifs is 1. The number of rotatable bonds is 7. The summed E-state index contributed by atoms with van der Waals surface area (Å²) >= 11 is 0. The fourth-order valence-electron chi connectivity index (χ4n) is 2.43. The second-order valence-electron chi connectivity index (χ2n) is 6.57. The molecule has 6 nitrogen and oxygen atoms in total. The Hall–Kier alpha value is -2.21. The van der Waals surface area contributed by atoms with Crippen LogP contribution in [0.15, 0.2) is 30.5 Å². The van der Waals surface area contributed by atoms with Gasteiger partial charge in [-0.3, -0.25) is 15.1 Å². The summed E-state index contributed by atoms with van der Waals surface area (Å²) in [6, 6.07) is 6.47. The number of hydrogen-bond acceptors (Lipinski definition) is 5. The quantitative estimate of drug-likeness (QED) is 0.600. The summed E-state index contributed by atoms with van der Waals surface area (Å²) in [6.45, 7) is 6.40. The van der Waals surface area contributed by atoms with E-state index in [2.05, 4.69) is 24.1 Å². The lowest BCUT2D eigenvalue weighted by atomic mass is 9.95. The van der Waals surface area contributed by atoms with E-state index in [1.807, 2.05) is 0 Å². The lowest BCUT2D eigenvalue weighted by Gasteiger charge is -2.25. The summed E-state index contributed by atoms with van der Waals surface area (Å²) in [5.74, 6) is 0.531. The molecule has 0 aliphatic carbocycles. The smallest absolute Gasteiger partial charge is 0.278 e. The van der Waals surface area contributed by atoms with Crippen molar-refractivity contribution in [3.05, 3.63) is 40.6 Å². The van der Waals surface area contributed by atoms with Gasteiger partial charge in [0.1, 0.15) is 5.52 Å². The predicted octanol–water partition coefficient (Wildman–Crippen LogP) is 3.74. The minimum absolute atomic E-state index is 0.0326. The molecule has 0 bridgehead atoms. The van der Waals surface area contributed by atoms with Crippen LogP contribution in [-0.4, -0.2) is 27.2 Å². The van der Waals surface area contributed by atoms with E-state index in [0.29, 0.717) is 35.5 Å². The van der Waals surface area contributed by atoms with Crippen LogP contribution in [0.5, 0.6) is 0 Å². The lowest BCUT2D eigenvalue weighted by Crippen LogP contribution is -2.33. The summed E-state index contributed by atoms with van der Waals surface area (Å²) in [6.07, 6.45) is 3.23. The Bertz CT molecular complexity index is 699. The molecule has 0 spiro atoms. The number of pyridine rings is 1. The van der Waals surface area contributed by atoms with E-state index in [0.717, 1.165) is 6.42 Å². The normalized spacial score (nSPS) is 14.0. The third-order valence-corrected chi connectivity index (χ3v) is 3.86. The molecular weight excluding hydrogens is 294 g/mol. The predicted molar refractivity (Wildman–Crippen MR) is 91.6 cm³/mol. The molecule has 0 aliphatic rings. The van der Waals surface area contributed by atoms with Crippen molar-refractivity contribution in [3.8, 4) is 0 Å². The molecule has 124 valence electrons. The van der Waals surface area contributed by atoms with Crippen molar-refractivity contribution in [3.63, 3.8) is 0 Å². The Morgan fingerprint density at radius 3 is 2.78 bits per heavy atom. The van der Waals surface area contributed by atoms with Crippen LogP contribution in [-0.2, 0) is 0 Å². The molecule has 0 aliphatic heterocycles. The van der Waals surface area contributed by atoms with Gasteiger partial charge in [-0.2, -0.15) is 0 Å². The third kappa shape index (κ3) is 4.39. The molecule has 1 atom stereocenters. The van der Waals surface area contributed by atoms with Gasteiger partial charge in [0.25, 0.3) is 5.69 Å². The first-order valence-electron chi connectivity index (χ1n) is 7.78. The van der Waals surface area contributed by atoms with E-state index in [-0.39, 0.29) is 5.69 Å². The van der Waals surface area contributed by atoms with Gasteiger partial charge in [0.2, 0.25) is 0 Å². The van der Waals surface area contributed by atoms with Gasteiger partial charge in [0.05, 0.1) is 21.6 Å². The number of nitro groups is 1. The average Bonchev–Trinajstić information content (AvgIpc) is 2.50. The third-order valence-electron chi connectivity index (χ3n) is 3.86. The van der Waals surface area contributed by atoms with Crippen LogP contribution >= 0.6 is 0 Å². The zero-order valence-corrected chi connectivity index (χ0v) is 13.7. The zero-order chi connectivity index (χ0) is 17.0. The van der Waals surface area contributed by atoms with Crippen LogP contribution in [0.1, 0.15) is 33.6 Å². The van der Waals surface area contributed by atoms with E-state index < -0.39 is 10.5 Å². The summed E-state index contributed by atoms with van der Waals surface area (Å²) in [5, 5.41) is 25.2. The Morgan fingerprint density at radius 1 is 1.39 bits per heavy atom. The van der Waals surface area contributed by atoms with Crippen LogP contribution < -0.4 is 5.32 Å². The molecule has 0 saturated carbocycles. The lowest BCUT2D eigenvalue weighted by molar-refractivity contribution is -0.383. The van der Waals surface area contributed by atoms with Crippen LogP contribution in [0.3, 0.4) is 0 Å². The van der Waals surface area contributed by atoms with E-state index in [9.17, 15) is 15.2 Å². The molecule has 1 aromatic heterocycles. The molecule has 1 unspecified atom stereocenters. The van der Waals surface area contributed by atoms with E-state index >= 15 is 0 Å². The topological polar surface area (TPSA) is 88.3 Å². The second kappa shape index (κ2) is 6.91. The largest absolute Gasteiger partial charge is 0.388 e. The molecule has 2 rings (SSSR count). The zero-order valence-electron chi connectivity index (χ0n) is 13.7. The SMILES string of the molecule is CC(C)CCC(C)(O)CNc1ccc([N+](=O)[O-])c2cccnc12. The Kier molecular flexibility index (Phi) is 5.15. The molecule has 0 saturated heterocycles. The Labute approximate surface area is 135 Å². The van der Waals surface area contributed by atoms with Gasteiger partial charge in [-0.1, -0.05) is 13.8 Å². The molecule has 0 amide bonds. The summed E-state index contributed by atoms with van der Waals surface area (Å²) in [5.41, 5.74) is 0.426. The van der Waals surface area contributed by atoms with Crippen molar-refractivity contribution < 1.29 is 10.0 Å². The van der Waals surface area contributed by atoms with Crippen molar-refractivity contribution in [2.75, 3.05) is 11.9 Å². The van der Waals surface area contributed by atoms with Gasteiger partial charge in [-0.25, -0.2) is 0 Å². The maximum absolute atomic E-state index is 11.1. The minimum Gasteiger partial charge on any atom is -0.388 e. The fraction of sp³-hybridized carbons (Fsp3) is 0.471. The van der Waals surface area contributed by atoms with E-state index in [4.69, 9.17) is 0 Å². The average molecular weight is 317 g/mol. The van der Waals surface area contributed by atoms with Crippen molar-refractivity contribution in [1.82, 2.24) is 4.98 Å². The first-order valence-corrected chi connectivity index (χ1v) is 7.78. The highest BCUT2D eigenvalue weighted by molar-refractivity contribution is 5.96. The Balaban J connectivity index is 2.21. The van der Waals surface area contributed by atoms with Crippen LogP contribution in [0.4, 0.5) is 11.4 Å². The van der Waals surface area contributed by atoms with E-state index in [1.54, 1.807) is 31.3 Å². The number of non-ortho nitro benzene ring substituents is 1. The van der Waals surface area contributed by atoms with Gasteiger partial charge in [-0.15, -0.1) is 0 Å². The maximum atomic E-state index is 11.1. The number of nitrogens with zero attached hydrogens (tertiary/aromatic N) is 2. The number of aromatic nitrogens is 1. The van der Waals surface area contributed by atoms with Gasteiger partial charge >= 0.3 is 0 Å². The van der Waals surface area contributed by atoms with Crippen LogP contribution in [0, 0.1) is 16.0 Å². The highest BCUT2D eigenvalue weighted by atomic mass is 16.6. The van der Waals surface area contributed by atoms with Gasteiger partial charge in [-0.05, 0) is 43.9 Å². The Morgan fingerprint density at radius 2 is 2.13 bits per heavy atom. The highest BCUT2D eigenvalue weighted by Crippen LogP contribution is 2.30. The molecule has 2 N–H and O–H groups in total. The number of benzene rings is 1. The summed E-state index contributed by atoms with van der Waals surface area (Å²) in [4.78, 5) is 15.0. The van der Waals surface area contributed by atoms with Gasteiger partial charge < -0.3 is 10.4 Å². The number of hydrogen-bond donors (Lipinski definition) is 2. The number of anilines is 1. The number of aliphatic hydroxyl groups is 1. The molecule has 1 aromatic carbocycles. The number of nitro benzene ring substituents is 1. The van der Waals surface area contributed by atoms with Crippen molar-refractivity contribution in [2.45, 2.75) is 39.2 Å². The monoisotopic (exact) mass is 317 g/mol. The van der Waals surface area contributed by atoms with E-state index in [1.165, 1.54) is 6.07 Å². The highest BCUT2D eigenvalue weighted by Gasteiger charge is 2.21. The first kappa shape index (κ1) is 17.1. The van der Waals surface area contributed by atoms with Crippen molar-refractivity contribution >= 4 is 22.3 Å². The van der Waals surface area contributed by atoms with Crippen molar-refractivity contribution in [1.29, 1.82) is 0 Å². The minimum atomic E-state index is -0.840. The summed E-state index contributed by atoms with van der Waals surface area (Å²) < 4.78 is 0. The summed E-state index contributed by atoms with van der Waals surface area (Å²) in [7, 11) is 0. The molecule has 6 heteroatoms.